The predicted molar refractivity (Wildman–Crippen MR) is 117 cm³/mol. The normalized spacial score (nSPS) is 16.1. The molecular weight excluding hydrogens is 430 g/mol. The number of piperidine rings is 1. The van der Waals surface area contributed by atoms with Crippen molar-refractivity contribution in [1.29, 1.82) is 5.26 Å². The quantitative estimate of drug-likeness (QED) is 0.483. The van der Waals surface area contributed by atoms with Crippen LogP contribution >= 0.6 is 0 Å². The highest BCUT2D eigenvalue weighted by Crippen LogP contribution is 2.22. The second kappa shape index (κ2) is 10.6. The Morgan fingerprint density at radius 3 is 2.72 bits per heavy atom. The summed E-state index contributed by atoms with van der Waals surface area (Å²) >= 11 is 0. The Hall–Kier alpha value is -3.62. The summed E-state index contributed by atoms with van der Waals surface area (Å²) in [7, 11) is -3.67. The van der Waals surface area contributed by atoms with Crippen molar-refractivity contribution in [3.8, 4) is 6.07 Å². The number of nitriles is 1. The Bertz CT molecular complexity index is 1190. The lowest BCUT2D eigenvalue weighted by Gasteiger charge is -2.26. The summed E-state index contributed by atoms with van der Waals surface area (Å²) in [6.45, 7) is 2.70. The first kappa shape index (κ1) is 23.1. The molecule has 0 radical (unpaired) electrons. The fraction of sp³-hybridized carbons (Fsp3) is 0.286. The van der Waals surface area contributed by atoms with E-state index in [0.29, 0.717) is 24.4 Å². The topological polar surface area (TPSA) is 145 Å². The van der Waals surface area contributed by atoms with Gasteiger partial charge < -0.3 is 5.32 Å². The molecule has 0 unspecified atom stereocenters. The minimum atomic E-state index is -3.67. The standard InChI is InChI=1S/C21H23N7O3S/c1-2-18(20-24-26-27-25-20)19(11-4-5-12-22)23-21(29)16-9-8-10-17(15-16)32(30,31)28-13-6-3-7-14-28/h2,4-5,8-11,15H,3,6-7,13-14H2,1H3,(H,23,29)(H,24,25,26,27)/b5-4+,18-2+,19-11+. The van der Waals surface area contributed by atoms with Crippen LogP contribution in [0.4, 0.5) is 0 Å². The largest absolute Gasteiger partial charge is 0.321 e. The Balaban J connectivity index is 1.88. The number of nitrogens with one attached hydrogen (secondary N) is 2. The van der Waals surface area contributed by atoms with Gasteiger partial charge in [-0.1, -0.05) is 18.6 Å². The van der Waals surface area contributed by atoms with Gasteiger partial charge in [0, 0.05) is 30.3 Å². The van der Waals surface area contributed by atoms with E-state index < -0.39 is 15.9 Å². The molecule has 2 heterocycles. The number of allylic oxidation sites excluding steroid dienone is 5. The van der Waals surface area contributed by atoms with E-state index in [2.05, 4.69) is 25.9 Å². The number of aromatic nitrogens is 4. The van der Waals surface area contributed by atoms with Gasteiger partial charge in [-0.15, -0.1) is 10.2 Å². The van der Waals surface area contributed by atoms with E-state index >= 15 is 0 Å². The summed E-state index contributed by atoms with van der Waals surface area (Å²) in [5.74, 6) is -0.258. The van der Waals surface area contributed by atoms with Gasteiger partial charge in [0.2, 0.25) is 15.8 Å². The molecule has 2 N–H and O–H groups in total. The molecule has 1 aliphatic heterocycles. The molecule has 0 atom stereocenters. The Morgan fingerprint density at radius 1 is 1.28 bits per heavy atom. The van der Waals surface area contributed by atoms with Crippen molar-refractivity contribution in [3.63, 3.8) is 0 Å². The maximum atomic E-state index is 13.0. The number of aromatic amines is 1. The predicted octanol–water partition coefficient (Wildman–Crippen LogP) is 2.17. The minimum absolute atomic E-state index is 0.0754. The molecule has 0 aliphatic carbocycles. The number of hydrogen-bond acceptors (Lipinski definition) is 7. The second-order valence-corrected chi connectivity index (χ2v) is 8.89. The maximum Gasteiger partial charge on any atom is 0.255 e. The van der Waals surface area contributed by atoms with E-state index in [-0.39, 0.29) is 16.3 Å². The fourth-order valence-corrected chi connectivity index (χ4v) is 4.88. The van der Waals surface area contributed by atoms with Crippen molar-refractivity contribution >= 4 is 21.5 Å². The number of carbonyl (C=O) groups is 1. The SMILES string of the molecule is C\C=C(/C(=C\C=C\C#N)NC(=O)c1cccc(S(=O)(=O)N2CCCCC2)c1)c1nn[nH]n1. The van der Waals surface area contributed by atoms with Crippen molar-refractivity contribution in [2.75, 3.05) is 13.1 Å². The Labute approximate surface area is 186 Å². The lowest BCUT2D eigenvalue weighted by Crippen LogP contribution is -2.35. The monoisotopic (exact) mass is 453 g/mol. The van der Waals surface area contributed by atoms with E-state index in [1.807, 2.05) is 6.07 Å². The van der Waals surface area contributed by atoms with Crippen LogP contribution in [0.2, 0.25) is 0 Å². The zero-order chi connectivity index (χ0) is 23.0. The van der Waals surface area contributed by atoms with Crippen LogP contribution in [0.5, 0.6) is 0 Å². The minimum Gasteiger partial charge on any atom is -0.321 e. The molecule has 32 heavy (non-hydrogen) atoms. The molecule has 1 fully saturated rings. The number of hydrogen-bond donors (Lipinski definition) is 2. The summed E-state index contributed by atoms with van der Waals surface area (Å²) in [5, 5.41) is 25.3. The zero-order valence-corrected chi connectivity index (χ0v) is 18.3. The third-order valence-electron chi connectivity index (χ3n) is 4.90. The summed E-state index contributed by atoms with van der Waals surface area (Å²) in [6.07, 6.45) is 8.60. The Kier molecular flexibility index (Phi) is 7.64. The second-order valence-electron chi connectivity index (χ2n) is 6.95. The fourth-order valence-electron chi connectivity index (χ4n) is 3.31. The average Bonchev–Trinajstić information content (AvgIpc) is 3.35. The smallest absolute Gasteiger partial charge is 0.255 e. The van der Waals surface area contributed by atoms with Crippen molar-refractivity contribution in [3.05, 3.63) is 65.7 Å². The molecule has 166 valence electrons. The molecule has 0 saturated carbocycles. The zero-order valence-electron chi connectivity index (χ0n) is 17.5. The molecule has 1 amide bonds. The van der Waals surface area contributed by atoms with E-state index in [1.165, 1.54) is 40.7 Å². The van der Waals surface area contributed by atoms with Gasteiger partial charge in [0.05, 0.1) is 16.7 Å². The number of carbonyl (C=O) groups excluding carboxylic acids is 1. The summed E-state index contributed by atoms with van der Waals surface area (Å²) in [6, 6.07) is 7.81. The van der Waals surface area contributed by atoms with Gasteiger partial charge in [-0.3, -0.25) is 4.79 Å². The number of sulfonamides is 1. The first-order valence-electron chi connectivity index (χ1n) is 10.1. The first-order chi connectivity index (χ1) is 15.5. The number of amides is 1. The van der Waals surface area contributed by atoms with Gasteiger partial charge in [-0.25, -0.2) is 8.42 Å². The van der Waals surface area contributed by atoms with Crippen LogP contribution in [0.1, 0.15) is 42.4 Å². The van der Waals surface area contributed by atoms with E-state index in [4.69, 9.17) is 5.26 Å². The van der Waals surface area contributed by atoms with Crippen LogP contribution in [-0.2, 0) is 10.0 Å². The highest BCUT2D eigenvalue weighted by molar-refractivity contribution is 7.89. The first-order valence-corrected chi connectivity index (χ1v) is 11.5. The van der Waals surface area contributed by atoms with Crippen molar-refractivity contribution < 1.29 is 13.2 Å². The van der Waals surface area contributed by atoms with Crippen LogP contribution < -0.4 is 5.32 Å². The molecular formula is C21H23N7O3S. The summed E-state index contributed by atoms with van der Waals surface area (Å²) < 4.78 is 27.4. The van der Waals surface area contributed by atoms with Crippen LogP contribution in [0.25, 0.3) is 5.57 Å². The molecule has 1 aromatic carbocycles. The van der Waals surface area contributed by atoms with Crippen molar-refractivity contribution in [1.82, 2.24) is 30.2 Å². The van der Waals surface area contributed by atoms with Crippen LogP contribution in [0.3, 0.4) is 0 Å². The molecule has 3 rings (SSSR count). The number of nitrogens with zero attached hydrogens (tertiary/aromatic N) is 5. The van der Waals surface area contributed by atoms with Crippen molar-refractivity contribution in [2.24, 2.45) is 0 Å². The van der Waals surface area contributed by atoms with Gasteiger partial charge in [0.1, 0.15) is 0 Å². The molecule has 1 saturated heterocycles. The lowest BCUT2D eigenvalue weighted by atomic mass is 10.1. The highest BCUT2D eigenvalue weighted by atomic mass is 32.2. The van der Waals surface area contributed by atoms with Crippen LogP contribution in [-0.4, -0.2) is 52.3 Å². The highest BCUT2D eigenvalue weighted by Gasteiger charge is 2.26. The van der Waals surface area contributed by atoms with Crippen LogP contribution in [0.15, 0.2) is 59.2 Å². The molecule has 11 heteroatoms. The molecule has 1 aliphatic rings. The summed E-state index contributed by atoms with van der Waals surface area (Å²) in [4.78, 5) is 13.1. The van der Waals surface area contributed by atoms with E-state index in [9.17, 15) is 13.2 Å². The van der Waals surface area contributed by atoms with Gasteiger partial charge in [-0.05, 0) is 55.3 Å². The molecule has 10 nitrogen and oxygen atoms in total. The number of tetrazole rings is 1. The third-order valence-corrected chi connectivity index (χ3v) is 6.79. The average molecular weight is 454 g/mol. The number of benzene rings is 1. The maximum absolute atomic E-state index is 13.0. The van der Waals surface area contributed by atoms with E-state index in [1.54, 1.807) is 19.1 Å². The lowest BCUT2D eigenvalue weighted by molar-refractivity contribution is 0.0967. The van der Waals surface area contributed by atoms with Gasteiger partial charge >= 0.3 is 0 Å². The molecule has 2 aromatic rings. The number of rotatable bonds is 7. The van der Waals surface area contributed by atoms with Crippen LogP contribution in [0, 0.1) is 11.3 Å². The van der Waals surface area contributed by atoms with Gasteiger partial charge in [0.25, 0.3) is 5.91 Å². The van der Waals surface area contributed by atoms with Crippen molar-refractivity contribution in [2.45, 2.75) is 31.1 Å². The van der Waals surface area contributed by atoms with Gasteiger partial charge in [-0.2, -0.15) is 14.8 Å². The molecule has 0 bridgehead atoms. The van der Waals surface area contributed by atoms with Gasteiger partial charge in [0.15, 0.2) is 0 Å². The third kappa shape index (κ3) is 5.35. The molecule has 1 aromatic heterocycles. The number of H-pyrrole nitrogens is 1. The molecule has 0 spiro atoms. The van der Waals surface area contributed by atoms with E-state index in [0.717, 1.165) is 19.3 Å². The Morgan fingerprint density at radius 2 is 2.06 bits per heavy atom. The summed E-state index contributed by atoms with van der Waals surface area (Å²) in [5.41, 5.74) is 0.989.